The van der Waals surface area contributed by atoms with Gasteiger partial charge in [0, 0.05) is 0 Å². The van der Waals surface area contributed by atoms with Crippen LogP contribution in [0.25, 0.3) is 0 Å². The summed E-state index contributed by atoms with van der Waals surface area (Å²) in [5, 5.41) is 3.11. The maximum Gasteiger partial charge on any atom is 0.0888 e. The fourth-order valence-corrected chi connectivity index (χ4v) is 2.88. The van der Waals surface area contributed by atoms with Gasteiger partial charge < -0.3 is 5.73 Å². The summed E-state index contributed by atoms with van der Waals surface area (Å²) in [5.41, 5.74) is 7.23. The number of nitrogens with two attached hydrogens (primary N) is 1. The fraction of sp³-hybridized carbons (Fsp3) is 0.733. The third kappa shape index (κ3) is 6.72. The van der Waals surface area contributed by atoms with E-state index in [4.69, 9.17) is 5.73 Å². The fourth-order valence-electron chi connectivity index (χ4n) is 2.18. The molecule has 0 aliphatic carbocycles. The highest BCUT2D eigenvalue weighted by atomic mass is 32.1. The molecular weight excluding hydrogens is 226 g/mol. The Labute approximate surface area is 110 Å². The molecule has 1 aromatic rings. The normalized spacial score (nSPS) is 10.9. The second kappa shape index (κ2) is 9.52. The van der Waals surface area contributed by atoms with Crippen molar-refractivity contribution in [2.24, 2.45) is 0 Å². The van der Waals surface area contributed by atoms with Crippen LogP contribution in [-0.4, -0.2) is 0 Å². The van der Waals surface area contributed by atoms with Gasteiger partial charge in [0.25, 0.3) is 0 Å². The molecule has 1 aromatic heterocycles. The van der Waals surface area contributed by atoms with Crippen LogP contribution in [0.4, 0.5) is 5.00 Å². The largest absolute Gasteiger partial charge is 0.390 e. The highest BCUT2D eigenvalue weighted by Gasteiger charge is 1.99. The van der Waals surface area contributed by atoms with E-state index in [0.29, 0.717) is 0 Å². The van der Waals surface area contributed by atoms with Gasteiger partial charge in [-0.2, -0.15) is 0 Å². The number of unbranched alkanes of at least 4 members (excludes halogenated alkanes) is 8. The molecule has 0 unspecified atom stereocenters. The minimum Gasteiger partial charge on any atom is -0.390 e. The summed E-state index contributed by atoms with van der Waals surface area (Å²) in [5.74, 6) is 0. The zero-order valence-corrected chi connectivity index (χ0v) is 12.0. The van der Waals surface area contributed by atoms with E-state index in [-0.39, 0.29) is 0 Å². The Kier molecular flexibility index (Phi) is 8.16. The highest BCUT2D eigenvalue weighted by molar-refractivity contribution is 7.14. The second-order valence-corrected chi connectivity index (χ2v) is 5.84. The van der Waals surface area contributed by atoms with Gasteiger partial charge in [-0.1, -0.05) is 58.3 Å². The molecule has 0 radical (unpaired) electrons. The van der Waals surface area contributed by atoms with Crippen molar-refractivity contribution in [3.05, 3.63) is 17.0 Å². The molecule has 0 fully saturated rings. The van der Waals surface area contributed by atoms with E-state index >= 15 is 0 Å². The molecular formula is C15H27NS. The third-order valence-corrected chi connectivity index (χ3v) is 4.12. The zero-order valence-electron chi connectivity index (χ0n) is 11.2. The van der Waals surface area contributed by atoms with Gasteiger partial charge in [-0.05, 0) is 29.9 Å². The number of anilines is 1. The minimum atomic E-state index is 1.02. The average Bonchev–Trinajstić information content (AvgIpc) is 2.73. The van der Waals surface area contributed by atoms with Crippen LogP contribution < -0.4 is 5.73 Å². The predicted molar refractivity (Wildman–Crippen MR) is 79.7 cm³/mol. The Hall–Kier alpha value is -0.500. The Balaban J connectivity index is 1.86. The summed E-state index contributed by atoms with van der Waals surface area (Å²) in [6.45, 7) is 2.27. The van der Waals surface area contributed by atoms with Crippen molar-refractivity contribution >= 4 is 16.3 Å². The summed E-state index contributed by atoms with van der Waals surface area (Å²) in [7, 11) is 0. The molecule has 0 saturated carbocycles. The van der Waals surface area contributed by atoms with E-state index in [0.717, 1.165) is 5.00 Å². The molecule has 0 aromatic carbocycles. The molecule has 2 heteroatoms. The first-order valence-electron chi connectivity index (χ1n) is 7.16. The van der Waals surface area contributed by atoms with Gasteiger partial charge in [0.15, 0.2) is 0 Å². The molecule has 17 heavy (non-hydrogen) atoms. The molecule has 1 heterocycles. The van der Waals surface area contributed by atoms with Gasteiger partial charge in [-0.3, -0.25) is 0 Å². The van der Waals surface area contributed by atoms with Crippen molar-refractivity contribution in [3.63, 3.8) is 0 Å². The lowest BCUT2D eigenvalue weighted by atomic mass is 10.0. The standard InChI is InChI=1S/C15H27NS/c1-2-3-4-5-6-7-8-9-10-11-14-12-13-17-15(14)16/h12-13H,2-11,16H2,1H3. The van der Waals surface area contributed by atoms with Gasteiger partial charge in [-0.15, -0.1) is 11.3 Å². The molecule has 0 saturated heterocycles. The van der Waals surface area contributed by atoms with Gasteiger partial charge >= 0.3 is 0 Å². The summed E-state index contributed by atoms with van der Waals surface area (Å²) >= 11 is 1.66. The van der Waals surface area contributed by atoms with Crippen molar-refractivity contribution in [2.75, 3.05) is 5.73 Å². The molecule has 0 spiro atoms. The Morgan fingerprint density at radius 1 is 0.941 bits per heavy atom. The Morgan fingerprint density at radius 2 is 1.53 bits per heavy atom. The molecule has 0 aliphatic heterocycles. The van der Waals surface area contributed by atoms with Gasteiger partial charge in [0.1, 0.15) is 0 Å². The van der Waals surface area contributed by atoms with Crippen molar-refractivity contribution in [2.45, 2.75) is 71.1 Å². The van der Waals surface area contributed by atoms with Gasteiger partial charge in [-0.25, -0.2) is 0 Å². The van der Waals surface area contributed by atoms with Crippen molar-refractivity contribution < 1.29 is 0 Å². The van der Waals surface area contributed by atoms with E-state index in [1.807, 2.05) is 0 Å². The summed E-state index contributed by atoms with van der Waals surface area (Å²) in [6, 6.07) is 2.17. The van der Waals surface area contributed by atoms with Crippen molar-refractivity contribution in [3.8, 4) is 0 Å². The van der Waals surface area contributed by atoms with E-state index < -0.39 is 0 Å². The molecule has 0 bridgehead atoms. The minimum absolute atomic E-state index is 1.02. The van der Waals surface area contributed by atoms with Gasteiger partial charge in [0.05, 0.1) is 5.00 Å². The SMILES string of the molecule is CCCCCCCCCCCc1ccsc1N. The number of nitrogen functional groups attached to an aromatic ring is 1. The van der Waals surface area contributed by atoms with Crippen LogP contribution in [0.5, 0.6) is 0 Å². The molecule has 98 valence electrons. The van der Waals surface area contributed by atoms with E-state index in [9.17, 15) is 0 Å². The first-order valence-corrected chi connectivity index (χ1v) is 8.04. The summed E-state index contributed by atoms with van der Waals surface area (Å²) in [6.07, 6.45) is 13.7. The number of hydrogen-bond acceptors (Lipinski definition) is 2. The number of hydrogen-bond donors (Lipinski definition) is 1. The van der Waals surface area contributed by atoms with Crippen LogP contribution in [0.2, 0.25) is 0 Å². The van der Waals surface area contributed by atoms with E-state index in [1.165, 1.54) is 69.8 Å². The van der Waals surface area contributed by atoms with Crippen LogP contribution in [0.15, 0.2) is 11.4 Å². The molecule has 1 nitrogen and oxygen atoms in total. The average molecular weight is 253 g/mol. The van der Waals surface area contributed by atoms with Gasteiger partial charge in [0.2, 0.25) is 0 Å². The van der Waals surface area contributed by atoms with Crippen molar-refractivity contribution in [1.29, 1.82) is 0 Å². The molecule has 0 amide bonds. The predicted octanol–water partition coefficient (Wildman–Crippen LogP) is 5.40. The number of aryl methyl sites for hydroxylation is 1. The van der Waals surface area contributed by atoms with Crippen LogP contribution >= 0.6 is 11.3 Å². The number of thiophene rings is 1. The third-order valence-electron chi connectivity index (χ3n) is 3.33. The first-order chi connectivity index (χ1) is 8.34. The van der Waals surface area contributed by atoms with E-state index in [2.05, 4.69) is 18.4 Å². The molecule has 0 aliphatic rings. The monoisotopic (exact) mass is 253 g/mol. The Morgan fingerprint density at radius 3 is 2.06 bits per heavy atom. The van der Waals surface area contributed by atoms with E-state index in [1.54, 1.807) is 11.3 Å². The second-order valence-electron chi connectivity index (χ2n) is 4.89. The van der Waals surface area contributed by atoms with Crippen LogP contribution in [0, 0.1) is 0 Å². The smallest absolute Gasteiger partial charge is 0.0888 e. The van der Waals surface area contributed by atoms with Crippen LogP contribution in [-0.2, 0) is 6.42 Å². The summed E-state index contributed by atoms with van der Waals surface area (Å²) in [4.78, 5) is 0. The molecule has 0 atom stereocenters. The molecule has 2 N–H and O–H groups in total. The lowest BCUT2D eigenvalue weighted by Crippen LogP contribution is -1.89. The maximum atomic E-state index is 5.87. The quantitative estimate of drug-likeness (QED) is 0.555. The first kappa shape index (κ1) is 14.6. The Bertz CT molecular complexity index is 280. The highest BCUT2D eigenvalue weighted by Crippen LogP contribution is 2.21. The lowest BCUT2D eigenvalue weighted by molar-refractivity contribution is 0.565. The van der Waals surface area contributed by atoms with Crippen LogP contribution in [0.1, 0.15) is 70.3 Å². The summed E-state index contributed by atoms with van der Waals surface area (Å²) < 4.78 is 0. The van der Waals surface area contributed by atoms with Crippen LogP contribution in [0.3, 0.4) is 0 Å². The van der Waals surface area contributed by atoms with Crippen molar-refractivity contribution in [1.82, 2.24) is 0 Å². The lowest BCUT2D eigenvalue weighted by Gasteiger charge is -2.02. The number of rotatable bonds is 10. The zero-order chi connectivity index (χ0) is 12.3. The molecule has 1 rings (SSSR count). The maximum absolute atomic E-state index is 5.87. The topological polar surface area (TPSA) is 26.0 Å².